The van der Waals surface area contributed by atoms with Gasteiger partial charge >= 0.3 is 0 Å². The molecule has 0 atom stereocenters. The predicted molar refractivity (Wildman–Crippen MR) is 154 cm³/mol. The fourth-order valence-corrected chi connectivity index (χ4v) is 6.53. The first-order valence-corrected chi connectivity index (χ1v) is 16.5. The van der Waals surface area contributed by atoms with Crippen LogP contribution in [0.2, 0.25) is 0 Å². The molecule has 0 radical (unpaired) electrons. The van der Waals surface area contributed by atoms with Crippen molar-refractivity contribution in [2.24, 2.45) is 0 Å². The van der Waals surface area contributed by atoms with Gasteiger partial charge in [-0.05, 0) is 42.5 Å². The number of allylic oxidation sites excluding steroid dienone is 2. The maximum Gasteiger partial charge on any atom is 0.206 e. The summed E-state index contributed by atoms with van der Waals surface area (Å²) < 4.78 is 48.4. The number of thiazole rings is 1. The van der Waals surface area contributed by atoms with Gasteiger partial charge in [0.1, 0.15) is 9.84 Å². The molecular weight excluding hydrogens is 555 g/mol. The van der Waals surface area contributed by atoms with E-state index >= 15 is 0 Å². The summed E-state index contributed by atoms with van der Waals surface area (Å²) in [5, 5.41) is 12.4. The number of anilines is 2. The second-order valence-electron chi connectivity index (χ2n) is 8.98. The van der Waals surface area contributed by atoms with Gasteiger partial charge in [-0.25, -0.2) is 21.8 Å². The number of nitrogens with one attached hydrogen (secondary N) is 3. The van der Waals surface area contributed by atoms with Gasteiger partial charge in [-0.15, -0.1) is 11.3 Å². The van der Waals surface area contributed by atoms with E-state index in [2.05, 4.69) is 20.9 Å². The molecule has 3 N–H and O–H groups in total. The molecule has 0 spiro atoms. The van der Waals surface area contributed by atoms with E-state index in [1.807, 2.05) is 41.2 Å². The van der Waals surface area contributed by atoms with E-state index in [4.69, 9.17) is 0 Å². The maximum absolute atomic E-state index is 12.9. The molecule has 2 aliphatic rings. The molecular formula is C27H27N5O4S3. The Balaban J connectivity index is 1.27. The molecule has 39 heavy (non-hydrogen) atoms. The zero-order chi connectivity index (χ0) is 27.5. The van der Waals surface area contributed by atoms with Gasteiger partial charge in [0.05, 0.1) is 26.9 Å². The molecule has 3 aromatic rings. The standard InChI is InChI=1S/C27H27N5O4S3/c1-38(33,34)14-12-28-16-22-19-37-27(31-22)32-13-11-20-15-29-17-26(25(20)18-32)30-21-7-9-24(10-8-21)39(35,36)23-5-3-2-4-6-23/h2-11,13,15,17-19,28-30H,12,14,16H2,1H3. The summed E-state index contributed by atoms with van der Waals surface area (Å²) in [7, 11) is -6.59. The summed E-state index contributed by atoms with van der Waals surface area (Å²) in [4.78, 5) is 7.10. The van der Waals surface area contributed by atoms with Crippen LogP contribution in [-0.4, -0.2) is 40.4 Å². The SMILES string of the molecule is CS(=O)(=O)CCNCc1csc(N2C=CC3=CNC=C(Nc4ccc(S(=O)(=O)c5ccccc5)cc4)C3=C2)n1. The van der Waals surface area contributed by atoms with Crippen LogP contribution in [0.1, 0.15) is 5.69 Å². The Morgan fingerprint density at radius 2 is 1.72 bits per heavy atom. The van der Waals surface area contributed by atoms with Crippen LogP contribution in [0.3, 0.4) is 0 Å². The maximum atomic E-state index is 12.9. The van der Waals surface area contributed by atoms with Crippen molar-refractivity contribution in [2.75, 3.05) is 28.8 Å². The Hall–Kier alpha value is -3.71. The minimum Gasteiger partial charge on any atom is -0.365 e. The van der Waals surface area contributed by atoms with E-state index in [-0.39, 0.29) is 15.5 Å². The van der Waals surface area contributed by atoms with Crippen LogP contribution in [0, 0.1) is 0 Å². The number of dihydropyridines is 1. The zero-order valence-corrected chi connectivity index (χ0v) is 23.5. The van der Waals surface area contributed by atoms with E-state index in [9.17, 15) is 16.8 Å². The minimum absolute atomic E-state index is 0.0851. The summed E-state index contributed by atoms with van der Waals surface area (Å²) in [6.07, 6.45) is 10.9. The average molecular weight is 582 g/mol. The van der Waals surface area contributed by atoms with Crippen LogP contribution in [-0.2, 0) is 26.2 Å². The van der Waals surface area contributed by atoms with Gasteiger partial charge < -0.3 is 16.0 Å². The second-order valence-corrected chi connectivity index (χ2v) is 14.0. The molecule has 0 amide bonds. The lowest BCUT2D eigenvalue weighted by Crippen LogP contribution is -2.22. The number of benzene rings is 2. The number of hydrogen-bond acceptors (Lipinski definition) is 10. The van der Waals surface area contributed by atoms with Crippen molar-refractivity contribution in [1.82, 2.24) is 15.6 Å². The quantitative estimate of drug-likeness (QED) is 0.307. The smallest absolute Gasteiger partial charge is 0.206 e. The third-order valence-electron chi connectivity index (χ3n) is 5.96. The number of rotatable bonds is 10. The highest BCUT2D eigenvalue weighted by Crippen LogP contribution is 2.32. The average Bonchev–Trinajstić information content (AvgIpc) is 3.40. The Bertz CT molecular complexity index is 1690. The summed E-state index contributed by atoms with van der Waals surface area (Å²) in [6, 6.07) is 15.1. The summed E-state index contributed by atoms with van der Waals surface area (Å²) in [5.41, 5.74) is 4.33. The number of aromatic nitrogens is 1. The summed E-state index contributed by atoms with van der Waals surface area (Å²) in [5.74, 6) is 0.0851. The molecule has 0 saturated carbocycles. The third kappa shape index (κ3) is 6.48. The third-order valence-corrected chi connectivity index (χ3v) is 9.60. The second kappa shape index (κ2) is 11.2. The van der Waals surface area contributed by atoms with Gasteiger partial charge in [0.15, 0.2) is 5.13 Å². The van der Waals surface area contributed by atoms with Crippen LogP contribution < -0.4 is 20.9 Å². The Morgan fingerprint density at radius 3 is 2.46 bits per heavy atom. The highest BCUT2D eigenvalue weighted by Gasteiger charge is 2.21. The molecule has 9 nitrogen and oxygen atoms in total. The van der Waals surface area contributed by atoms with E-state index in [0.29, 0.717) is 13.1 Å². The first-order valence-electron chi connectivity index (χ1n) is 12.0. The largest absolute Gasteiger partial charge is 0.365 e. The molecule has 202 valence electrons. The van der Waals surface area contributed by atoms with Crippen molar-refractivity contribution in [1.29, 1.82) is 0 Å². The molecule has 0 fully saturated rings. The highest BCUT2D eigenvalue weighted by atomic mass is 32.2. The van der Waals surface area contributed by atoms with Crippen LogP contribution >= 0.6 is 11.3 Å². The molecule has 0 unspecified atom stereocenters. The van der Waals surface area contributed by atoms with Gasteiger partial charge in [0.25, 0.3) is 0 Å². The van der Waals surface area contributed by atoms with Gasteiger partial charge in [0, 0.05) is 66.4 Å². The molecule has 2 aromatic carbocycles. The molecule has 1 aromatic heterocycles. The van der Waals surface area contributed by atoms with Crippen molar-refractivity contribution in [2.45, 2.75) is 16.3 Å². The lowest BCUT2D eigenvalue weighted by molar-refractivity contribution is 0.594. The lowest BCUT2D eigenvalue weighted by atomic mass is 10.0. The number of hydrogen-bond donors (Lipinski definition) is 3. The van der Waals surface area contributed by atoms with E-state index in [1.165, 1.54) is 17.6 Å². The van der Waals surface area contributed by atoms with Crippen molar-refractivity contribution < 1.29 is 16.8 Å². The van der Waals surface area contributed by atoms with Crippen molar-refractivity contribution >= 4 is 41.8 Å². The Morgan fingerprint density at radius 1 is 0.974 bits per heavy atom. The highest BCUT2D eigenvalue weighted by molar-refractivity contribution is 7.91. The Kier molecular flexibility index (Phi) is 7.71. The van der Waals surface area contributed by atoms with E-state index < -0.39 is 19.7 Å². The van der Waals surface area contributed by atoms with Crippen LogP contribution in [0.15, 0.2) is 117 Å². The molecule has 5 rings (SSSR count). The topological polar surface area (TPSA) is 120 Å². The van der Waals surface area contributed by atoms with Crippen molar-refractivity contribution in [3.05, 3.63) is 113 Å². The zero-order valence-electron chi connectivity index (χ0n) is 21.0. The fourth-order valence-electron chi connectivity index (χ4n) is 3.95. The van der Waals surface area contributed by atoms with Gasteiger partial charge in [0.2, 0.25) is 9.84 Å². The summed E-state index contributed by atoms with van der Waals surface area (Å²) in [6.45, 7) is 0.859. The molecule has 12 heteroatoms. The van der Waals surface area contributed by atoms with Gasteiger partial charge in [-0.2, -0.15) is 0 Å². The lowest BCUT2D eigenvalue weighted by Gasteiger charge is -2.26. The normalized spacial score (nSPS) is 15.1. The monoisotopic (exact) mass is 581 g/mol. The molecule has 2 aliphatic heterocycles. The first-order chi connectivity index (χ1) is 18.7. The Labute approximate surface area is 232 Å². The minimum atomic E-state index is -3.59. The van der Waals surface area contributed by atoms with Crippen molar-refractivity contribution in [3.8, 4) is 0 Å². The molecule has 3 heterocycles. The van der Waals surface area contributed by atoms with Crippen molar-refractivity contribution in [3.63, 3.8) is 0 Å². The molecule has 0 bridgehead atoms. The van der Waals surface area contributed by atoms with E-state index in [1.54, 1.807) is 54.6 Å². The van der Waals surface area contributed by atoms with Gasteiger partial charge in [-0.3, -0.25) is 4.90 Å². The fraction of sp³-hybridized carbons (Fsp3) is 0.148. The summed E-state index contributed by atoms with van der Waals surface area (Å²) >= 11 is 1.50. The first kappa shape index (κ1) is 26.9. The van der Waals surface area contributed by atoms with Crippen LogP contribution in [0.5, 0.6) is 0 Å². The number of fused-ring (bicyclic) bond motifs is 1. The van der Waals surface area contributed by atoms with Gasteiger partial charge in [-0.1, -0.05) is 18.2 Å². The molecule has 0 aliphatic carbocycles. The van der Waals surface area contributed by atoms with Crippen LogP contribution in [0.4, 0.5) is 10.8 Å². The van der Waals surface area contributed by atoms with Crippen LogP contribution in [0.25, 0.3) is 0 Å². The molecule has 0 saturated heterocycles. The number of nitrogens with zero attached hydrogens (tertiary/aromatic N) is 2. The van der Waals surface area contributed by atoms with E-state index in [0.717, 1.165) is 33.4 Å². The predicted octanol–water partition coefficient (Wildman–Crippen LogP) is 3.77. The number of sulfone groups is 2.